The third-order valence-corrected chi connectivity index (χ3v) is 13.9. The monoisotopic (exact) mass is 983 g/mol. The van der Waals surface area contributed by atoms with Crippen LogP contribution >= 0.6 is 0 Å². The SMILES string of the molecule is CCCCCCC/C=C\C/C=C\C/C=C\CCCCCCCCCCCCCCCCCCC(=O)OCC(COC(=O)CCCCCCCCCCCC)OC(=O)CCCCCCCCCCCCC. The van der Waals surface area contributed by atoms with Gasteiger partial charge in [-0.3, -0.25) is 14.4 Å². The number of ether oxygens (including phenoxy) is 3. The zero-order valence-electron chi connectivity index (χ0n) is 47.1. The van der Waals surface area contributed by atoms with Crippen LogP contribution in [0, 0.1) is 0 Å². The van der Waals surface area contributed by atoms with Gasteiger partial charge in [-0.25, -0.2) is 0 Å². The van der Waals surface area contributed by atoms with Crippen molar-refractivity contribution in [2.45, 2.75) is 341 Å². The molecule has 6 nitrogen and oxygen atoms in total. The predicted octanol–water partition coefficient (Wildman–Crippen LogP) is 20.8. The Morgan fingerprint density at radius 2 is 0.514 bits per heavy atom. The summed E-state index contributed by atoms with van der Waals surface area (Å²) in [5.74, 6) is -0.850. The third-order valence-electron chi connectivity index (χ3n) is 13.9. The summed E-state index contributed by atoms with van der Waals surface area (Å²) >= 11 is 0. The fraction of sp³-hybridized carbons (Fsp3) is 0.859. The lowest BCUT2D eigenvalue weighted by molar-refractivity contribution is -0.167. The lowest BCUT2D eigenvalue weighted by Gasteiger charge is -2.18. The van der Waals surface area contributed by atoms with Gasteiger partial charge in [0.25, 0.3) is 0 Å². The van der Waals surface area contributed by atoms with Gasteiger partial charge in [-0.1, -0.05) is 295 Å². The van der Waals surface area contributed by atoms with Gasteiger partial charge in [0.05, 0.1) is 0 Å². The number of carbonyl (C=O) groups is 3. The van der Waals surface area contributed by atoms with Crippen molar-refractivity contribution in [1.82, 2.24) is 0 Å². The quantitative estimate of drug-likeness (QED) is 0.0261. The van der Waals surface area contributed by atoms with Crippen molar-refractivity contribution in [3.05, 3.63) is 36.5 Å². The minimum Gasteiger partial charge on any atom is -0.462 e. The summed E-state index contributed by atoms with van der Waals surface area (Å²) in [5.41, 5.74) is 0. The Kier molecular flexibility index (Phi) is 57.2. The molecule has 0 bridgehead atoms. The van der Waals surface area contributed by atoms with Gasteiger partial charge in [0.15, 0.2) is 6.10 Å². The molecule has 1 atom stereocenters. The number of carbonyl (C=O) groups excluding carboxylic acids is 3. The topological polar surface area (TPSA) is 78.9 Å². The highest BCUT2D eigenvalue weighted by atomic mass is 16.6. The van der Waals surface area contributed by atoms with Crippen LogP contribution in [0.25, 0.3) is 0 Å². The molecule has 70 heavy (non-hydrogen) atoms. The largest absolute Gasteiger partial charge is 0.462 e. The standard InChI is InChI=1S/C64H118O6/c1-4-7-10-13-16-19-22-23-24-25-26-27-28-29-30-31-32-33-34-35-36-37-38-39-40-41-43-45-48-51-54-57-63(66)69-60-61(59-68-62(65)56-53-50-47-44-21-18-15-12-9-6-3)70-64(67)58-55-52-49-46-42-20-17-14-11-8-5-2/h22-23,25-26,28-29,61H,4-21,24,27,30-60H2,1-3H3/b23-22-,26-25-,29-28-. The highest BCUT2D eigenvalue weighted by Gasteiger charge is 2.19. The van der Waals surface area contributed by atoms with E-state index in [1.54, 1.807) is 0 Å². The molecule has 0 aliphatic heterocycles. The molecule has 0 N–H and O–H groups in total. The van der Waals surface area contributed by atoms with Crippen molar-refractivity contribution >= 4 is 17.9 Å². The van der Waals surface area contributed by atoms with Crippen LogP contribution in [0.3, 0.4) is 0 Å². The van der Waals surface area contributed by atoms with Crippen LogP contribution in [-0.2, 0) is 28.6 Å². The number of hydrogen-bond acceptors (Lipinski definition) is 6. The number of allylic oxidation sites excluding steroid dienone is 6. The summed E-state index contributed by atoms with van der Waals surface area (Å²) < 4.78 is 16.8. The molecule has 0 aromatic carbocycles. The Morgan fingerprint density at radius 3 is 0.800 bits per heavy atom. The fourth-order valence-corrected chi connectivity index (χ4v) is 9.22. The minimum absolute atomic E-state index is 0.0661. The second-order valence-electron chi connectivity index (χ2n) is 21.0. The molecule has 0 aliphatic carbocycles. The van der Waals surface area contributed by atoms with Gasteiger partial charge >= 0.3 is 17.9 Å². The lowest BCUT2D eigenvalue weighted by Crippen LogP contribution is -2.30. The normalized spacial score (nSPS) is 12.2. The van der Waals surface area contributed by atoms with Crippen molar-refractivity contribution in [3.63, 3.8) is 0 Å². The van der Waals surface area contributed by atoms with Crippen LogP contribution in [0.2, 0.25) is 0 Å². The van der Waals surface area contributed by atoms with E-state index in [2.05, 4.69) is 57.2 Å². The van der Waals surface area contributed by atoms with E-state index < -0.39 is 6.10 Å². The molecule has 0 spiro atoms. The molecule has 6 heteroatoms. The van der Waals surface area contributed by atoms with Crippen LogP contribution in [0.15, 0.2) is 36.5 Å². The molecule has 1 unspecified atom stereocenters. The van der Waals surface area contributed by atoms with E-state index in [-0.39, 0.29) is 31.1 Å². The molecule has 0 heterocycles. The Morgan fingerprint density at radius 1 is 0.286 bits per heavy atom. The second-order valence-corrected chi connectivity index (χ2v) is 21.0. The van der Waals surface area contributed by atoms with Gasteiger partial charge < -0.3 is 14.2 Å². The molecular weight excluding hydrogens is 865 g/mol. The summed E-state index contributed by atoms with van der Waals surface area (Å²) in [5, 5.41) is 0. The van der Waals surface area contributed by atoms with E-state index in [4.69, 9.17) is 14.2 Å². The van der Waals surface area contributed by atoms with Gasteiger partial charge in [0, 0.05) is 19.3 Å². The van der Waals surface area contributed by atoms with Crippen LogP contribution in [-0.4, -0.2) is 37.2 Å². The van der Waals surface area contributed by atoms with Crippen molar-refractivity contribution in [3.8, 4) is 0 Å². The maximum absolute atomic E-state index is 12.8. The third kappa shape index (κ3) is 56.5. The van der Waals surface area contributed by atoms with Gasteiger partial charge in [0.2, 0.25) is 0 Å². The molecule has 0 aromatic heterocycles. The first-order valence-corrected chi connectivity index (χ1v) is 31.0. The van der Waals surface area contributed by atoms with E-state index in [1.807, 2.05) is 0 Å². The first-order chi connectivity index (χ1) is 34.5. The summed E-state index contributed by atoms with van der Waals surface area (Å²) in [6, 6.07) is 0. The number of unbranched alkanes of at least 4 members (excludes halogenated alkanes) is 40. The first-order valence-electron chi connectivity index (χ1n) is 31.0. The Labute approximate surface area is 435 Å². The van der Waals surface area contributed by atoms with E-state index >= 15 is 0 Å². The summed E-state index contributed by atoms with van der Waals surface area (Å²) in [4.78, 5) is 38.0. The Bertz CT molecular complexity index is 1170. The molecule has 0 saturated heterocycles. The zero-order chi connectivity index (χ0) is 50.7. The first kappa shape index (κ1) is 67.6. The van der Waals surface area contributed by atoms with E-state index in [9.17, 15) is 14.4 Å². The van der Waals surface area contributed by atoms with Crippen molar-refractivity contribution < 1.29 is 28.6 Å². The molecule has 0 fully saturated rings. The molecule has 0 rings (SSSR count). The number of esters is 3. The van der Waals surface area contributed by atoms with Gasteiger partial charge in [0.1, 0.15) is 13.2 Å². The second kappa shape index (κ2) is 59.2. The van der Waals surface area contributed by atoms with Crippen molar-refractivity contribution in [1.29, 1.82) is 0 Å². The predicted molar refractivity (Wildman–Crippen MR) is 302 cm³/mol. The smallest absolute Gasteiger partial charge is 0.306 e. The molecule has 0 saturated carbocycles. The molecule has 0 amide bonds. The van der Waals surface area contributed by atoms with E-state index in [0.29, 0.717) is 19.3 Å². The highest BCUT2D eigenvalue weighted by Crippen LogP contribution is 2.17. The average molecular weight is 984 g/mol. The average Bonchev–Trinajstić information content (AvgIpc) is 3.36. The van der Waals surface area contributed by atoms with E-state index in [1.165, 1.54) is 225 Å². The molecular formula is C64H118O6. The number of rotatable bonds is 57. The van der Waals surface area contributed by atoms with Crippen molar-refractivity contribution in [2.24, 2.45) is 0 Å². The maximum Gasteiger partial charge on any atom is 0.306 e. The van der Waals surface area contributed by atoms with Crippen LogP contribution in [0.4, 0.5) is 0 Å². The van der Waals surface area contributed by atoms with Gasteiger partial charge in [-0.05, 0) is 57.8 Å². The Hall–Kier alpha value is -2.37. The molecule has 0 aromatic rings. The summed E-state index contributed by atoms with van der Waals surface area (Å²) in [6.07, 6.45) is 71.7. The van der Waals surface area contributed by atoms with E-state index in [0.717, 1.165) is 70.6 Å². The number of hydrogen-bond donors (Lipinski definition) is 0. The van der Waals surface area contributed by atoms with Gasteiger partial charge in [-0.15, -0.1) is 0 Å². The summed E-state index contributed by atoms with van der Waals surface area (Å²) in [7, 11) is 0. The van der Waals surface area contributed by atoms with Crippen LogP contribution in [0.1, 0.15) is 335 Å². The zero-order valence-corrected chi connectivity index (χ0v) is 47.1. The fourth-order valence-electron chi connectivity index (χ4n) is 9.22. The van der Waals surface area contributed by atoms with Crippen LogP contribution < -0.4 is 0 Å². The highest BCUT2D eigenvalue weighted by molar-refractivity contribution is 5.71. The molecule has 0 aliphatic rings. The Balaban J connectivity index is 4.03. The van der Waals surface area contributed by atoms with Crippen molar-refractivity contribution in [2.75, 3.05) is 13.2 Å². The van der Waals surface area contributed by atoms with Gasteiger partial charge in [-0.2, -0.15) is 0 Å². The van der Waals surface area contributed by atoms with Crippen LogP contribution in [0.5, 0.6) is 0 Å². The summed E-state index contributed by atoms with van der Waals surface area (Å²) in [6.45, 7) is 6.65. The maximum atomic E-state index is 12.8. The lowest BCUT2D eigenvalue weighted by atomic mass is 10.0. The molecule has 410 valence electrons. The molecule has 0 radical (unpaired) electrons. The minimum atomic E-state index is -0.764.